The standard InChI is InChI=1S/C58H38N2O/c1-3-16-39(17-4-1)46-33-30-42(36-52(46)48-26-15-21-40-20-7-8-22-45(40)48)59(43-32-35-58-53(37-43)51-25-11-14-29-57(51)61-58)44-31-34-50-49-24-10-13-28-55(49)60(56(50)38-44)54-27-12-9-23-47(54)41-18-5-2-6-19-41/h1-38H. The van der Waals surface area contributed by atoms with Crippen molar-refractivity contribution in [1.29, 1.82) is 0 Å². The highest BCUT2D eigenvalue weighted by atomic mass is 16.3. The molecular formula is C58H38N2O. The molecule has 0 radical (unpaired) electrons. The normalized spacial score (nSPS) is 11.6. The molecule has 3 heteroatoms. The first kappa shape index (κ1) is 34.9. The smallest absolute Gasteiger partial charge is 0.135 e. The summed E-state index contributed by atoms with van der Waals surface area (Å²) in [5, 5.41) is 7.04. The molecule has 286 valence electrons. The number of para-hydroxylation sites is 3. The summed E-state index contributed by atoms with van der Waals surface area (Å²) >= 11 is 0. The van der Waals surface area contributed by atoms with Crippen molar-refractivity contribution in [2.75, 3.05) is 4.90 Å². The Morgan fingerprint density at radius 1 is 0.311 bits per heavy atom. The van der Waals surface area contributed by atoms with E-state index in [1.165, 1.54) is 60.4 Å². The third-order valence-electron chi connectivity index (χ3n) is 12.2. The predicted octanol–water partition coefficient (Wildman–Crippen LogP) is 16.3. The van der Waals surface area contributed by atoms with Crippen LogP contribution < -0.4 is 4.90 Å². The van der Waals surface area contributed by atoms with Crippen molar-refractivity contribution in [2.24, 2.45) is 0 Å². The van der Waals surface area contributed by atoms with Gasteiger partial charge in [0.15, 0.2) is 0 Å². The Labute approximate surface area is 353 Å². The van der Waals surface area contributed by atoms with E-state index in [0.29, 0.717) is 0 Å². The molecule has 0 aliphatic rings. The molecule has 12 rings (SSSR count). The first-order valence-corrected chi connectivity index (χ1v) is 20.8. The fraction of sp³-hybridized carbons (Fsp3) is 0. The van der Waals surface area contributed by atoms with Crippen LogP contribution >= 0.6 is 0 Å². The van der Waals surface area contributed by atoms with Crippen LogP contribution in [0.1, 0.15) is 0 Å². The molecule has 0 aliphatic heterocycles. The van der Waals surface area contributed by atoms with Crippen molar-refractivity contribution in [1.82, 2.24) is 4.57 Å². The van der Waals surface area contributed by atoms with Gasteiger partial charge in [-0.05, 0) is 99.3 Å². The van der Waals surface area contributed by atoms with E-state index in [1.807, 2.05) is 12.1 Å². The third kappa shape index (κ3) is 5.82. The average Bonchev–Trinajstić information content (AvgIpc) is 3.87. The number of fused-ring (bicyclic) bond motifs is 7. The van der Waals surface area contributed by atoms with Crippen molar-refractivity contribution in [3.8, 4) is 39.1 Å². The van der Waals surface area contributed by atoms with E-state index < -0.39 is 0 Å². The Morgan fingerprint density at radius 2 is 0.885 bits per heavy atom. The van der Waals surface area contributed by atoms with E-state index in [4.69, 9.17) is 4.42 Å². The number of nitrogens with zero attached hydrogens (tertiary/aromatic N) is 2. The van der Waals surface area contributed by atoms with Gasteiger partial charge in [-0.25, -0.2) is 0 Å². The molecule has 3 nitrogen and oxygen atoms in total. The topological polar surface area (TPSA) is 21.3 Å². The van der Waals surface area contributed by atoms with Crippen LogP contribution in [0, 0.1) is 0 Å². The van der Waals surface area contributed by atoms with Crippen LogP contribution in [0.2, 0.25) is 0 Å². The lowest BCUT2D eigenvalue weighted by atomic mass is 9.90. The molecule has 0 unspecified atom stereocenters. The van der Waals surface area contributed by atoms with Crippen LogP contribution in [0.3, 0.4) is 0 Å². The number of aromatic nitrogens is 1. The Hall–Kier alpha value is -8.14. The van der Waals surface area contributed by atoms with Gasteiger partial charge < -0.3 is 13.9 Å². The molecule has 0 spiro atoms. The lowest BCUT2D eigenvalue weighted by molar-refractivity contribution is 0.669. The van der Waals surface area contributed by atoms with E-state index in [9.17, 15) is 0 Å². The molecule has 0 fully saturated rings. The highest BCUT2D eigenvalue weighted by molar-refractivity contribution is 6.12. The Morgan fingerprint density at radius 3 is 1.74 bits per heavy atom. The molecule has 2 aromatic heterocycles. The van der Waals surface area contributed by atoms with Crippen molar-refractivity contribution in [2.45, 2.75) is 0 Å². The second-order valence-corrected chi connectivity index (χ2v) is 15.7. The van der Waals surface area contributed by atoms with Gasteiger partial charge >= 0.3 is 0 Å². The van der Waals surface area contributed by atoms with Gasteiger partial charge in [0.05, 0.1) is 16.7 Å². The third-order valence-corrected chi connectivity index (χ3v) is 12.2. The summed E-state index contributed by atoms with van der Waals surface area (Å²) in [6, 6.07) is 83.1. The van der Waals surface area contributed by atoms with E-state index in [2.05, 4.69) is 228 Å². The number of furan rings is 1. The number of hydrogen-bond acceptors (Lipinski definition) is 2. The Kier molecular flexibility index (Phi) is 8.17. The summed E-state index contributed by atoms with van der Waals surface area (Å²) < 4.78 is 8.81. The molecule has 0 saturated heterocycles. The van der Waals surface area contributed by atoms with Crippen LogP contribution in [-0.4, -0.2) is 4.57 Å². The quantitative estimate of drug-likeness (QED) is 0.161. The van der Waals surface area contributed by atoms with Crippen LogP contribution in [0.25, 0.3) is 93.6 Å². The first-order chi connectivity index (χ1) is 30.3. The highest BCUT2D eigenvalue weighted by Crippen LogP contribution is 2.45. The number of rotatable bonds is 7. The first-order valence-electron chi connectivity index (χ1n) is 20.8. The molecule has 0 N–H and O–H groups in total. The summed E-state index contributed by atoms with van der Waals surface area (Å²) in [5.74, 6) is 0. The highest BCUT2D eigenvalue weighted by Gasteiger charge is 2.22. The van der Waals surface area contributed by atoms with Gasteiger partial charge in [-0.3, -0.25) is 0 Å². The second kappa shape index (κ2) is 14.3. The molecule has 12 aromatic rings. The van der Waals surface area contributed by atoms with Gasteiger partial charge in [-0.15, -0.1) is 0 Å². The summed E-state index contributed by atoms with van der Waals surface area (Å²) in [6.45, 7) is 0. The van der Waals surface area contributed by atoms with Gasteiger partial charge in [0.25, 0.3) is 0 Å². The molecule has 0 bridgehead atoms. The van der Waals surface area contributed by atoms with Gasteiger partial charge in [0.2, 0.25) is 0 Å². The minimum absolute atomic E-state index is 0.869. The van der Waals surface area contributed by atoms with Crippen LogP contribution in [-0.2, 0) is 0 Å². The molecule has 10 aromatic carbocycles. The van der Waals surface area contributed by atoms with Crippen LogP contribution in [0.5, 0.6) is 0 Å². The van der Waals surface area contributed by atoms with Crippen LogP contribution in [0.15, 0.2) is 235 Å². The monoisotopic (exact) mass is 778 g/mol. The average molecular weight is 779 g/mol. The zero-order valence-corrected chi connectivity index (χ0v) is 33.2. The second-order valence-electron chi connectivity index (χ2n) is 15.7. The van der Waals surface area contributed by atoms with Crippen molar-refractivity contribution in [3.63, 3.8) is 0 Å². The number of anilines is 3. The summed E-state index contributed by atoms with van der Waals surface area (Å²) in [5.41, 5.74) is 15.4. The van der Waals surface area contributed by atoms with Crippen molar-refractivity contribution >= 4 is 71.6 Å². The summed E-state index contributed by atoms with van der Waals surface area (Å²) in [6.07, 6.45) is 0. The SMILES string of the molecule is c1ccc(-c2ccc(N(c3ccc4oc5ccccc5c4c3)c3ccc4c5ccccc5n(-c5ccccc5-c5ccccc5)c4c3)cc2-c2cccc3ccccc23)cc1. The number of benzene rings is 10. The fourth-order valence-electron chi connectivity index (χ4n) is 9.41. The number of hydrogen-bond donors (Lipinski definition) is 0. The van der Waals surface area contributed by atoms with Crippen LogP contribution in [0.4, 0.5) is 17.1 Å². The van der Waals surface area contributed by atoms with Gasteiger partial charge in [-0.1, -0.05) is 170 Å². The maximum Gasteiger partial charge on any atom is 0.135 e. The molecule has 0 atom stereocenters. The molecule has 2 heterocycles. The molecule has 0 amide bonds. The maximum absolute atomic E-state index is 6.36. The zero-order chi connectivity index (χ0) is 40.3. The summed E-state index contributed by atoms with van der Waals surface area (Å²) in [4.78, 5) is 2.41. The minimum atomic E-state index is 0.869. The minimum Gasteiger partial charge on any atom is -0.456 e. The van der Waals surface area contributed by atoms with Crippen molar-refractivity contribution in [3.05, 3.63) is 231 Å². The Bertz CT molecular complexity index is 3590. The largest absolute Gasteiger partial charge is 0.456 e. The maximum atomic E-state index is 6.36. The van der Waals surface area contributed by atoms with E-state index >= 15 is 0 Å². The van der Waals surface area contributed by atoms with Gasteiger partial charge in [0, 0.05) is 44.2 Å². The van der Waals surface area contributed by atoms with Gasteiger partial charge in [0.1, 0.15) is 11.2 Å². The lowest BCUT2D eigenvalue weighted by Gasteiger charge is -2.27. The van der Waals surface area contributed by atoms with Gasteiger partial charge in [-0.2, -0.15) is 0 Å². The lowest BCUT2D eigenvalue weighted by Crippen LogP contribution is -2.10. The van der Waals surface area contributed by atoms with Crippen molar-refractivity contribution < 1.29 is 4.42 Å². The molecule has 61 heavy (non-hydrogen) atoms. The predicted molar refractivity (Wildman–Crippen MR) is 257 cm³/mol. The van der Waals surface area contributed by atoms with E-state index in [-0.39, 0.29) is 0 Å². The van der Waals surface area contributed by atoms with E-state index in [1.54, 1.807) is 0 Å². The molecule has 0 aliphatic carbocycles. The Balaban J connectivity index is 1.14. The zero-order valence-electron chi connectivity index (χ0n) is 33.2. The van der Waals surface area contributed by atoms with E-state index in [0.717, 1.165) is 50.2 Å². The fourth-order valence-corrected chi connectivity index (χ4v) is 9.41. The molecular weight excluding hydrogens is 741 g/mol. The summed E-state index contributed by atoms with van der Waals surface area (Å²) in [7, 11) is 0. The molecule has 0 saturated carbocycles.